The maximum absolute atomic E-state index is 15.2. The molecule has 1 fully saturated rings. The lowest BCUT2D eigenvalue weighted by Crippen LogP contribution is -2.59. The maximum atomic E-state index is 15.2. The Hall–Kier alpha value is -4.03. The summed E-state index contributed by atoms with van der Waals surface area (Å²) in [7, 11) is 0. The molecule has 4 heterocycles. The first kappa shape index (κ1) is 24.0. The van der Waals surface area contributed by atoms with E-state index in [0.717, 1.165) is 0 Å². The average Bonchev–Trinajstić information content (AvgIpc) is 3.34. The van der Waals surface area contributed by atoms with Gasteiger partial charge in [0.1, 0.15) is 11.6 Å². The van der Waals surface area contributed by atoms with Crippen LogP contribution in [0.4, 0.5) is 13.2 Å². The number of pyridine rings is 1. The highest BCUT2D eigenvalue weighted by Crippen LogP contribution is 2.51. The van der Waals surface area contributed by atoms with E-state index in [1.807, 2.05) is 0 Å². The van der Waals surface area contributed by atoms with Crippen molar-refractivity contribution in [3.8, 4) is 17.0 Å². The Morgan fingerprint density at radius 2 is 2.05 bits per heavy atom. The van der Waals surface area contributed by atoms with Gasteiger partial charge in [0.25, 0.3) is 5.91 Å². The summed E-state index contributed by atoms with van der Waals surface area (Å²) in [6, 6.07) is 7.04. The number of ether oxygens (including phenoxy) is 1. The van der Waals surface area contributed by atoms with Crippen LogP contribution in [-0.2, 0) is 5.54 Å². The Morgan fingerprint density at radius 3 is 2.77 bits per heavy atom. The number of carbonyl (C=O) groups excluding carboxylic acids is 1. The lowest BCUT2D eigenvalue weighted by atomic mass is 9.64. The molecule has 7 rings (SSSR count). The van der Waals surface area contributed by atoms with Crippen LogP contribution in [0, 0.1) is 5.82 Å². The fourth-order valence-electron chi connectivity index (χ4n) is 6.53. The third-order valence-corrected chi connectivity index (χ3v) is 7.88. The summed E-state index contributed by atoms with van der Waals surface area (Å²) in [5, 5.41) is 17.7. The Bertz CT molecular complexity index is 1680. The molecule has 2 unspecified atom stereocenters. The smallest absolute Gasteiger partial charge is 0.387 e. The summed E-state index contributed by atoms with van der Waals surface area (Å²) in [5.74, 6) is -1.53. The van der Waals surface area contributed by atoms with Crippen molar-refractivity contribution >= 4 is 11.6 Å². The molecule has 3 aliphatic rings. The number of nitrogens with one attached hydrogen (secondary N) is 1. The van der Waals surface area contributed by atoms with Crippen LogP contribution in [-0.4, -0.2) is 42.8 Å². The number of carbonyl (C=O) groups is 1. The van der Waals surface area contributed by atoms with E-state index in [-0.39, 0.29) is 35.8 Å². The number of fused-ring (bicyclic) bond motifs is 9. The lowest BCUT2D eigenvalue weighted by Gasteiger charge is -2.48. The van der Waals surface area contributed by atoms with E-state index in [4.69, 9.17) is 15.5 Å². The molecular weight excluding hydrogens is 513 g/mol. The first-order chi connectivity index (χ1) is 18.5. The van der Waals surface area contributed by atoms with E-state index in [1.54, 1.807) is 29.8 Å². The van der Waals surface area contributed by atoms with Gasteiger partial charge >= 0.3 is 6.61 Å². The minimum Gasteiger partial charge on any atom is -0.434 e. The molecule has 39 heavy (non-hydrogen) atoms. The molecule has 4 aromatic rings. The monoisotopic (exact) mass is 536 g/mol. The fraction of sp³-hybridized carbons (Fsp3) is 0.333. The van der Waals surface area contributed by atoms with Crippen LogP contribution < -0.4 is 15.8 Å². The third kappa shape index (κ3) is 3.62. The summed E-state index contributed by atoms with van der Waals surface area (Å²) in [6.45, 7) is -1.41. The summed E-state index contributed by atoms with van der Waals surface area (Å²) < 4.78 is 48.0. The lowest BCUT2D eigenvalue weighted by molar-refractivity contribution is -0.0764. The Kier molecular flexibility index (Phi) is 4.93. The minimum atomic E-state index is -3.06. The van der Waals surface area contributed by atoms with Crippen molar-refractivity contribution in [3.63, 3.8) is 0 Å². The van der Waals surface area contributed by atoms with Gasteiger partial charge in [0.05, 0.1) is 34.3 Å². The number of rotatable bonds is 4. The zero-order chi connectivity index (χ0) is 27.3. The SMILES string of the molecule is CC1(O)CC(N)(c2ncc(-c3ccn4nc5c(c4n3)C3CC5NC(=O)c4cccc(OC(F)F)c43)cc2F)C1. The van der Waals surface area contributed by atoms with Gasteiger partial charge in [-0.2, -0.15) is 13.9 Å². The molecule has 2 aliphatic carbocycles. The molecule has 1 aromatic carbocycles. The van der Waals surface area contributed by atoms with Crippen LogP contribution in [0.3, 0.4) is 0 Å². The number of aliphatic hydroxyl groups is 1. The molecule has 1 saturated carbocycles. The summed E-state index contributed by atoms with van der Waals surface area (Å²) in [5.41, 5.74) is 7.59. The van der Waals surface area contributed by atoms with Crippen LogP contribution >= 0.6 is 0 Å². The number of benzene rings is 1. The molecule has 3 aromatic heterocycles. The molecule has 1 aliphatic heterocycles. The molecule has 9 nitrogen and oxygen atoms in total. The second kappa shape index (κ2) is 7.99. The van der Waals surface area contributed by atoms with E-state index in [0.29, 0.717) is 40.1 Å². The van der Waals surface area contributed by atoms with Gasteiger partial charge in [0.15, 0.2) is 5.65 Å². The molecule has 0 radical (unpaired) electrons. The van der Waals surface area contributed by atoms with Gasteiger partial charge in [-0.15, -0.1) is 0 Å². The van der Waals surface area contributed by atoms with Gasteiger partial charge in [-0.3, -0.25) is 9.78 Å². The molecule has 200 valence electrons. The minimum absolute atomic E-state index is 0.0702. The number of amides is 1. The highest BCUT2D eigenvalue weighted by atomic mass is 19.3. The molecule has 2 atom stereocenters. The Labute approximate surface area is 219 Å². The Morgan fingerprint density at radius 1 is 1.26 bits per heavy atom. The predicted molar refractivity (Wildman–Crippen MR) is 132 cm³/mol. The first-order valence-corrected chi connectivity index (χ1v) is 12.5. The van der Waals surface area contributed by atoms with E-state index in [9.17, 15) is 18.7 Å². The zero-order valence-electron chi connectivity index (χ0n) is 20.7. The first-order valence-electron chi connectivity index (χ1n) is 12.5. The topological polar surface area (TPSA) is 128 Å². The number of halogens is 3. The van der Waals surface area contributed by atoms with E-state index in [2.05, 4.69) is 15.4 Å². The van der Waals surface area contributed by atoms with Crippen LogP contribution in [0.2, 0.25) is 0 Å². The number of hydrogen-bond donors (Lipinski definition) is 3. The standard InChI is InChI=1S/C27H23F3N6O3/c1-26(38)10-27(31,11-26)22-15(28)7-12(9-32-22)16-5-6-36-23(33-16)20-14-8-17(21(20)35-36)34-24(37)13-3-2-4-18(19(13)14)39-25(29)30/h2-7,9,14,17,25,38H,8,10-11,31H2,1H3,(H,34,37). The van der Waals surface area contributed by atoms with Crippen molar-refractivity contribution < 1.29 is 27.8 Å². The maximum Gasteiger partial charge on any atom is 0.387 e. The quantitative estimate of drug-likeness (QED) is 0.364. The predicted octanol–water partition coefficient (Wildman–Crippen LogP) is 3.55. The van der Waals surface area contributed by atoms with Crippen molar-refractivity contribution in [1.29, 1.82) is 0 Å². The van der Waals surface area contributed by atoms with Crippen LogP contribution in [0.15, 0.2) is 42.7 Å². The number of hydrogen-bond acceptors (Lipinski definition) is 7. The van der Waals surface area contributed by atoms with Gasteiger partial charge in [0.2, 0.25) is 0 Å². The van der Waals surface area contributed by atoms with Crippen molar-refractivity contribution in [2.24, 2.45) is 5.73 Å². The molecule has 4 N–H and O–H groups in total. The second-order valence-corrected chi connectivity index (χ2v) is 10.9. The van der Waals surface area contributed by atoms with Crippen molar-refractivity contribution in [2.45, 2.75) is 55.9 Å². The normalized spacial score (nSPS) is 27.1. The van der Waals surface area contributed by atoms with E-state index < -0.39 is 35.5 Å². The zero-order valence-corrected chi connectivity index (χ0v) is 20.7. The highest BCUT2D eigenvalue weighted by Gasteiger charge is 2.51. The molecule has 1 amide bonds. The number of nitrogens with two attached hydrogens (primary N) is 1. The second-order valence-electron chi connectivity index (χ2n) is 10.9. The van der Waals surface area contributed by atoms with Crippen molar-refractivity contribution in [2.75, 3.05) is 0 Å². The van der Waals surface area contributed by atoms with Gasteiger partial charge in [0, 0.05) is 40.6 Å². The Balaban J connectivity index is 1.32. The number of alkyl halides is 2. The van der Waals surface area contributed by atoms with E-state index >= 15 is 4.39 Å². The van der Waals surface area contributed by atoms with E-state index in [1.165, 1.54) is 24.4 Å². The fourth-order valence-corrected chi connectivity index (χ4v) is 6.53. The number of nitrogens with zero attached hydrogens (tertiary/aromatic N) is 4. The molecular formula is C27H23F3N6O3. The third-order valence-electron chi connectivity index (χ3n) is 7.88. The van der Waals surface area contributed by atoms with Crippen LogP contribution in [0.1, 0.15) is 71.0 Å². The van der Waals surface area contributed by atoms with Gasteiger partial charge in [-0.25, -0.2) is 13.9 Å². The van der Waals surface area contributed by atoms with Crippen LogP contribution in [0.5, 0.6) is 5.75 Å². The van der Waals surface area contributed by atoms with Gasteiger partial charge in [-0.05, 0) is 50.5 Å². The van der Waals surface area contributed by atoms with Crippen molar-refractivity contribution in [1.82, 2.24) is 24.9 Å². The average molecular weight is 537 g/mol. The largest absolute Gasteiger partial charge is 0.434 e. The molecule has 0 saturated heterocycles. The van der Waals surface area contributed by atoms with Gasteiger partial charge in [-0.1, -0.05) is 6.07 Å². The molecule has 12 heteroatoms. The summed E-state index contributed by atoms with van der Waals surface area (Å²) in [4.78, 5) is 22.0. The van der Waals surface area contributed by atoms with Crippen LogP contribution in [0.25, 0.3) is 16.9 Å². The van der Waals surface area contributed by atoms with Crippen molar-refractivity contribution in [3.05, 3.63) is 76.6 Å². The van der Waals surface area contributed by atoms with Gasteiger partial charge < -0.3 is 20.9 Å². The molecule has 2 bridgehead atoms. The number of aromatic nitrogens is 4. The summed E-state index contributed by atoms with van der Waals surface area (Å²) in [6.07, 6.45) is 3.98. The molecule has 0 spiro atoms. The summed E-state index contributed by atoms with van der Waals surface area (Å²) >= 11 is 0. The highest BCUT2D eigenvalue weighted by molar-refractivity contribution is 5.98.